The van der Waals surface area contributed by atoms with E-state index in [1.54, 1.807) is 30.3 Å². The topological polar surface area (TPSA) is 67.9 Å². The molecule has 0 spiro atoms. The van der Waals surface area contributed by atoms with Gasteiger partial charge in [-0.1, -0.05) is 30.3 Å². The number of amides is 2. The van der Waals surface area contributed by atoms with Crippen LogP contribution in [0.2, 0.25) is 0 Å². The van der Waals surface area contributed by atoms with Crippen LogP contribution in [0.1, 0.15) is 25.8 Å². The van der Waals surface area contributed by atoms with Gasteiger partial charge in [-0.25, -0.2) is 0 Å². The highest BCUT2D eigenvalue weighted by molar-refractivity contribution is 6.36. The Bertz CT molecular complexity index is 987. The Morgan fingerprint density at radius 3 is 2.22 bits per heavy atom. The molecule has 1 heterocycles. The average Bonchev–Trinajstić information content (AvgIpc) is 2.96. The van der Waals surface area contributed by atoms with Gasteiger partial charge >= 0.3 is 6.36 Å². The third-order valence-electron chi connectivity index (χ3n) is 4.56. The van der Waals surface area contributed by atoms with Crippen LogP contribution in [-0.4, -0.2) is 42.3 Å². The molecule has 3 rings (SSSR count). The summed E-state index contributed by atoms with van der Waals surface area (Å²) in [6.45, 7) is 4.38. The van der Waals surface area contributed by atoms with Crippen molar-refractivity contribution in [3.05, 3.63) is 65.9 Å². The van der Waals surface area contributed by atoms with Gasteiger partial charge in [0.2, 0.25) is 0 Å². The molecule has 0 aromatic heterocycles. The Labute approximate surface area is 183 Å². The number of anilines is 1. The standard InChI is InChI=1S/C23H23F3N2O4/c1-15(2)31-14-6-13-28-21(29)19(16-7-4-3-5-8-16)20(22(28)30)27-17-9-11-18(12-10-17)32-23(24,25)26/h3-5,7-12,15,27H,6,13-14H2,1-2H3. The van der Waals surface area contributed by atoms with E-state index in [-0.39, 0.29) is 29.7 Å². The smallest absolute Gasteiger partial charge is 0.406 e. The van der Waals surface area contributed by atoms with Crippen LogP contribution in [0.3, 0.4) is 0 Å². The number of rotatable bonds is 9. The normalized spacial score (nSPS) is 14.5. The van der Waals surface area contributed by atoms with Gasteiger partial charge in [-0.15, -0.1) is 13.2 Å². The second kappa shape index (κ2) is 9.86. The van der Waals surface area contributed by atoms with Crippen LogP contribution in [0, 0.1) is 0 Å². The van der Waals surface area contributed by atoms with Crippen LogP contribution in [0.4, 0.5) is 18.9 Å². The molecular formula is C23H23F3N2O4. The van der Waals surface area contributed by atoms with Gasteiger partial charge in [-0.2, -0.15) is 0 Å². The maximum absolute atomic E-state index is 13.1. The van der Waals surface area contributed by atoms with E-state index in [9.17, 15) is 22.8 Å². The maximum atomic E-state index is 13.1. The Morgan fingerprint density at radius 2 is 1.62 bits per heavy atom. The fourth-order valence-electron chi connectivity index (χ4n) is 3.19. The SMILES string of the molecule is CC(C)OCCCN1C(=O)C(Nc2ccc(OC(F)(F)F)cc2)=C(c2ccccc2)C1=O. The van der Waals surface area contributed by atoms with Gasteiger partial charge in [0.1, 0.15) is 11.4 Å². The summed E-state index contributed by atoms with van der Waals surface area (Å²) in [4.78, 5) is 27.3. The minimum absolute atomic E-state index is 0.0412. The number of nitrogens with one attached hydrogen (secondary N) is 1. The van der Waals surface area contributed by atoms with Gasteiger partial charge in [-0.05, 0) is 50.1 Å². The number of hydrogen-bond donors (Lipinski definition) is 1. The zero-order valence-electron chi connectivity index (χ0n) is 17.6. The molecule has 0 saturated carbocycles. The van der Waals surface area contributed by atoms with Crippen molar-refractivity contribution in [2.24, 2.45) is 0 Å². The molecule has 0 atom stereocenters. The summed E-state index contributed by atoms with van der Waals surface area (Å²) in [5.41, 5.74) is 1.17. The highest BCUT2D eigenvalue weighted by Crippen LogP contribution is 2.31. The van der Waals surface area contributed by atoms with Crippen molar-refractivity contribution in [3.63, 3.8) is 0 Å². The van der Waals surface area contributed by atoms with E-state index in [0.717, 1.165) is 17.0 Å². The lowest BCUT2D eigenvalue weighted by molar-refractivity contribution is -0.274. The molecule has 0 saturated heterocycles. The Morgan fingerprint density at radius 1 is 0.969 bits per heavy atom. The zero-order valence-corrected chi connectivity index (χ0v) is 17.6. The van der Waals surface area contributed by atoms with E-state index < -0.39 is 18.2 Å². The summed E-state index contributed by atoms with van der Waals surface area (Å²) in [5, 5.41) is 2.90. The van der Waals surface area contributed by atoms with Crippen LogP contribution in [0.15, 0.2) is 60.3 Å². The third-order valence-corrected chi connectivity index (χ3v) is 4.56. The minimum Gasteiger partial charge on any atom is -0.406 e. The third kappa shape index (κ3) is 5.88. The number of imide groups is 1. The molecule has 2 aromatic rings. The van der Waals surface area contributed by atoms with Crippen LogP contribution in [0.25, 0.3) is 5.57 Å². The predicted molar refractivity (Wildman–Crippen MR) is 113 cm³/mol. The fourth-order valence-corrected chi connectivity index (χ4v) is 3.19. The van der Waals surface area contributed by atoms with Gasteiger partial charge < -0.3 is 14.8 Å². The van der Waals surface area contributed by atoms with E-state index in [1.807, 2.05) is 13.8 Å². The molecule has 2 amide bonds. The molecule has 1 aliphatic rings. The quantitative estimate of drug-likeness (QED) is 0.449. The van der Waals surface area contributed by atoms with E-state index >= 15 is 0 Å². The minimum atomic E-state index is -4.80. The van der Waals surface area contributed by atoms with E-state index in [2.05, 4.69) is 10.1 Å². The summed E-state index contributed by atoms with van der Waals surface area (Å²) in [6.07, 6.45) is -4.28. The first-order valence-corrected chi connectivity index (χ1v) is 10.1. The highest BCUT2D eigenvalue weighted by Gasteiger charge is 2.39. The van der Waals surface area contributed by atoms with E-state index in [1.165, 1.54) is 12.1 Å². The average molecular weight is 448 g/mol. The van der Waals surface area contributed by atoms with Gasteiger partial charge in [0.15, 0.2) is 0 Å². The number of ether oxygens (including phenoxy) is 2. The van der Waals surface area contributed by atoms with Crippen molar-refractivity contribution in [1.82, 2.24) is 4.90 Å². The molecule has 2 aromatic carbocycles. The molecule has 0 radical (unpaired) electrons. The number of alkyl halides is 3. The molecule has 0 unspecified atom stereocenters. The molecular weight excluding hydrogens is 425 g/mol. The second-order valence-electron chi connectivity index (χ2n) is 7.35. The molecule has 170 valence electrons. The maximum Gasteiger partial charge on any atom is 0.573 e. The lowest BCUT2D eigenvalue weighted by Crippen LogP contribution is -2.34. The summed E-state index contributed by atoms with van der Waals surface area (Å²) >= 11 is 0. The van der Waals surface area contributed by atoms with Crippen molar-refractivity contribution in [3.8, 4) is 5.75 Å². The van der Waals surface area contributed by atoms with Crippen molar-refractivity contribution in [2.75, 3.05) is 18.5 Å². The first-order valence-electron chi connectivity index (χ1n) is 10.1. The molecule has 1 N–H and O–H groups in total. The summed E-state index contributed by atoms with van der Waals surface area (Å²) in [6, 6.07) is 13.7. The summed E-state index contributed by atoms with van der Waals surface area (Å²) < 4.78 is 46.5. The number of halogens is 3. The first-order chi connectivity index (χ1) is 15.2. The fraction of sp³-hybridized carbons (Fsp3) is 0.304. The monoisotopic (exact) mass is 448 g/mol. The lowest BCUT2D eigenvalue weighted by Gasteiger charge is -2.16. The van der Waals surface area contributed by atoms with E-state index in [0.29, 0.717) is 24.3 Å². The number of nitrogens with zero attached hydrogens (tertiary/aromatic N) is 1. The molecule has 9 heteroatoms. The molecule has 1 aliphatic heterocycles. The van der Waals surface area contributed by atoms with Crippen molar-refractivity contribution in [1.29, 1.82) is 0 Å². The molecule has 32 heavy (non-hydrogen) atoms. The van der Waals surface area contributed by atoms with Crippen molar-refractivity contribution in [2.45, 2.75) is 32.7 Å². The lowest BCUT2D eigenvalue weighted by atomic mass is 10.0. The summed E-state index contributed by atoms with van der Waals surface area (Å²) in [7, 11) is 0. The van der Waals surface area contributed by atoms with E-state index in [4.69, 9.17) is 4.74 Å². The van der Waals surface area contributed by atoms with Gasteiger partial charge in [0.25, 0.3) is 11.8 Å². The van der Waals surface area contributed by atoms with Crippen LogP contribution in [0.5, 0.6) is 5.75 Å². The van der Waals surface area contributed by atoms with Gasteiger partial charge in [0.05, 0.1) is 11.7 Å². The second-order valence-corrected chi connectivity index (χ2v) is 7.35. The predicted octanol–water partition coefficient (Wildman–Crippen LogP) is 4.59. The summed E-state index contributed by atoms with van der Waals surface area (Å²) in [5.74, 6) is -1.33. The van der Waals surface area contributed by atoms with Crippen LogP contribution < -0.4 is 10.1 Å². The Balaban J connectivity index is 1.83. The Kier molecular flexibility index (Phi) is 7.19. The van der Waals surface area contributed by atoms with Crippen LogP contribution >= 0.6 is 0 Å². The van der Waals surface area contributed by atoms with Gasteiger partial charge in [-0.3, -0.25) is 14.5 Å². The molecule has 0 fully saturated rings. The number of benzene rings is 2. The van der Waals surface area contributed by atoms with Crippen molar-refractivity contribution < 1.29 is 32.2 Å². The molecule has 0 aliphatic carbocycles. The molecule has 0 bridgehead atoms. The largest absolute Gasteiger partial charge is 0.573 e. The van der Waals surface area contributed by atoms with Crippen molar-refractivity contribution >= 4 is 23.1 Å². The highest BCUT2D eigenvalue weighted by atomic mass is 19.4. The van der Waals surface area contributed by atoms with Crippen LogP contribution in [-0.2, 0) is 14.3 Å². The number of carbonyl (C=O) groups excluding carboxylic acids is 2. The number of hydrogen-bond acceptors (Lipinski definition) is 5. The van der Waals surface area contributed by atoms with Gasteiger partial charge in [0, 0.05) is 18.8 Å². The molecule has 6 nitrogen and oxygen atoms in total. The zero-order chi connectivity index (χ0) is 23.3. The Hall–Kier alpha value is -3.33. The first kappa shape index (κ1) is 23.3. The number of carbonyl (C=O) groups is 2.